The van der Waals surface area contributed by atoms with Gasteiger partial charge in [-0.1, -0.05) is 0 Å². The zero-order chi connectivity index (χ0) is 13.3. The molecule has 1 saturated heterocycles. The monoisotopic (exact) mass is 261 g/mol. The van der Waals surface area contributed by atoms with E-state index < -0.39 is 34.7 Å². The average molecular weight is 261 g/mol. The fraction of sp³-hybridized carbons (Fsp3) is 0.364. The maximum absolute atomic E-state index is 13.7. The van der Waals surface area contributed by atoms with Gasteiger partial charge in [0.1, 0.15) is 11.3 Å². The smallest absolute Gasteiger partial charge is 0.338 e. The van der Waals surface area contributed by atoms with E-state index in [1.807, 2.05) is 0 Å². The van der Waals surface area contributed by atoms with Gasteiger partial charge in [-0.25, -0.2) is 18.0 Å². The van der Waals surface area contributed by atoms with Crippen LogP contribution < -0.4 is 4.90 Å². The van der Waals surface area contributed by atoms with Gasteiger partial charge in [0.25, 0.3) is 0 Å². The topological polar surface area (TPSA) is 49.8 Å². The highest BCUT2D eigenvalue weighted by Gasteiger charge is 2.26. The number of aromatic carboxylic acids is 1. The van der Waals surface area contributed by atoms with Crippen molar-refractivity contribution in [1.29, 1.82) is 0 Å². The Morgan fingerprint density at radius 2 is 1.83 bits per heavy atom. The molecule has 1 aliphatic heterocycles. The van der Waals surface area contributed by atoms with E-state index in [1.165, 1.54) is 4.90 Å². The van der Waals surface area contributed by atoms with Crippen LogP contribution in [0.2, 0.25) is 0 Å². The highest BCUT2D eigenvalue weighted by molar-refractivity contribution is 5.88. The second kappa shape index (κ2) is 4.85. The summed E-state index contributed by atoms with van der Waals surface area (Å²) >= 11 is 0. The van der Waals surface area contributed by atoms with E-state index in [9.17, 15) is 18.0 Å². The molecule has 18 heavy (non-hydrogen) atoms. The van der Waals surface area contributed by atoms with Crippen molar-refractivity contribution >= 4 is 11.7 Å². The number of ether oxygens (including phenoxy) is 1. The van der Waals surface area contributed by atoms with Gasteiger partial charge in [0, 0.05) is 13.1 Å². The Kier molecular flexibility index (Phi) is 3.42. The highest BCUT2D eigenvalue weighted by Crippen LogP contribution is 2.28. The van der Waals surface area contributed by atoms with Gasteiger partial charge in [0.05, 0.1) is 13.2 Å². The van der Waals surface area contributed by atoms with Crippen LogP contribution in [0.1, 0.15) is 10.4 Å². The number of hydrogen-bond acceptors (Lipinski definition) is 3. The predicted molar refractivity (Wildman–Crippen MR) is 56.3 cm³/mol. The molecule has 0 saturated carbocycles. The summed E-state index contributed by atoms with van der Waals surface area (Å²) in [5.74, 6) is -5.83. The van der Waals surface area contributed by atoms with Crippen LogP contribution in [0.25, 0.3) is 0 Å². The molecule has 0 spiro atoms. The lowest BCUT2D eigenvalue weighted by Crippen LogP contribution is -2.37. The molecule has 98 valence electrons. The van der Waals surface area contributed by atoms with E-state index in [1.54, 1.807) is 0 Å². The average Bonchev–Trinajstić information content (AvgIpc) is 2.35. The van der Waals surface area contributed by atoms with E-state index in [0.717, 1.165) is 0 Å². The standard InChI is InChI=1S/C11H10F3NO3/c12-7-5-6(11(16)17)8(13)9(14)10(7)15-1-3-18-4-2-15/h5H,1-4H2,(H,16,17). The van der Waals surface area contributed by atoms with Gasteiger partial charge < -0.3 is 14.7 Å². The Hall–Kier alpha value is -1.76. The van der Waals surface area contributed by atoms with Crippen molar-refractivity contribution in [3.05, 3.63) is 29.1 Å². The summed E-state index contributed by atoms with van der Waals surface area (Å²) in [6.45, 7) is 1.00. The highest BCUT2D eigenvalue weighted by atomic mass is 19.2. The molecule has 2 rings (SSSR count). The maximum atomic E-state index is 13.7. The number of hydrogen-bond donors (Lipinski definition) is 1. The third kappa shape index (κ3) is 2.13. The summed E-state index contributed by atoms with van der Waals surface area (Å²) in [5.41, 5.74) is -1.55. The molecule has 0 amide bonds. The third-order valence-electron chi connectivity index (χ3n) is 2.69. The van der Waals surface area contributed by atoms with Crippen LogP contribution in [0, 0.1) is 17.5 Å². The Balaban J connectivity index is 2.48. The number of rotatable bonds is 2. The zero-order valence-electron chi connectivity index (χ0n) is 9.25. The second-order valence-electron chi connectivity index (χ2n) is 3.79. The minimum absolute atomic E-state index is 0.222. The summed E-state index contributed by atoms with van der Waals surface area (Å²) in [6, 6.07) is 0.492. The lowest BCUT2D eigenvalue weighted by Gasteiger charge is -2.29. The molecule has 0 atom stereocenters. The molecule has 1 aromatic carbocycles. The Labute approximate surface area is 101 Å². The molecule has 1 heterocycles. The van der Waals surface area contributed by atoms with Crippen molar-refractivity contribution in [1.82, 2.24) is 0 Å². The SMILES string of the molecule is O=C(O)c1cc(F)c(N2CCOCC2)c(F)c1F. The summed E-state index contributed by atoms with van der Waals surface area (Å²) in [5, 5.41) is 8.61. The Bertz CT molecular complexity index is 487. The van der Waals surface area contributed by atoms with Crippen LogP contribution >= 0.6 is 0 Å². The van der Waals surface area contributed by atoms with Crippen molar-refractivity contribution in [2.45, 2.75) is 0 Å². The number of anilines is 1. The molecular weight excluding hydrogens is 251 g/mol. The number of halogens is 3. The van der Waals surface area contributed by atoms with Crippen molar-refractivity contribution in [2.24, 2.45) is 0 Å². The van der Waals surface area contributed by atoms with E-state index in [-0.39, 0.29) is 26.3 Å². The van der Waals surface area contributed by atoms with Crippen LogP contribution in [-0.2, 0) is 4.74 Å². The summed E-state index contributed by atoms with van der Waals surface area (Å²) < 4.78 is 45.9. The van der Waals surface area contributed by atoms with Gasteiger partial charge in [-0.3, -0.25) is 0 Å². The lowest BCUT2D eigenvalue weighted by molar-refractivity contribution is 0.0690. The van der Waals surface area contributed by atoms with Gasteiger partial charge >= 0.3 is 5.97 Å². The lowest BCUT2D eigenvalue weighted by atomic mass is 10.1. The first kappa shape index (κ1) is 12.7. The van der Waals surface area contributed by atoms with Crippen molar-refractivity contribution in [2.75, 3.05) is 31.2 Å². The Morgan fingerprint density at radius 1 is 1.22 bits per heavy atom. The molecule has 7 heteroatoms. The van der Waals surface area contributed by atoms with Crippen molar-refractivity contribution in [3.63, 3.8) is 0 Å². The molecular formula is C11H10F3NO3. The summed E-state index contributed by atoms with van der Waals surface area (Å²) in [4.78, 5) is 11.9. The summed E-state index contributed by atoms with van der Waals surface area (Å²) in [7, 11) is 0. The van der Waals surface area contributed by atoms with Gasteiger partial charge in [0.2, 0.25) is 0 Å². The predicted octanol–water partition coefficient (Wildman–Crippen LogP) is 1.64. The number of nitrogens with zero attached hydrogens (tertiary/aromatic N) is 1. The van der Waals surface area contributed by atoms with E-state index in [4.69, 9.17) is 9.84 Å². The summed E-state index contributed by atoms with van der Waals surface area (Å²) in [6.07, 6.45) is 0. The van der Waals surface area contributed by atoms with Crippen LogP contribution in [-0.4, -0.2) is 37.4 Å². The third-order valence-corrected chi connectivity index (χ3v) is 2.69. The molecule has 0 aliphatic carbocycles. The molecule has 0 bridgehead atoms. The molecule has 1 N–H and O–H groups in total. The minimum atomic E-state index is -1.71. The van der Waals surface area contributed by atoms with Crippen LogP contribution in [0.15, 0.2) is 6.07 Å². The molecule has 1 fully saturated rings. The van der Waals surface area contributed by atoms with Gasteiger partial charge in [-0.05, 0) is 6.07 Å². The maximum Gasteiger partial charge on any atom is 0.338 e. The molecule has 1 aliphatic rings. The van der Waals surface area contributed by atoms with Crippen LogP contribution in [0.5, 0.6) is 0 Å². The number of morpholine rings is 1. The molecule has 0 unspecified atom stereocenters. The van der Waals surface area contributed by atoms with Crippen LogP contribution in [0.3, 0.4) is 0 Å². The second-order valence-corrected chi connectivity index (χ2v) is 3.79. The van der Waals surface area contributed by atoms with E-state index in [0.29, 0.717) is 6.07 Å². The van der Waals surface area contributed by atoms with E-state index >= 15 is 0 Å². The molecule has 0 radical (unpaired) electrons. The molecule has 1 aromatic rings. The van der Waals surface area contributed by atoms with Crippen molar-refractivity contribution < 1.29 is 27.8 Å². The Morgan fingerprint density at radius 3 is 2.39 bits per heavy atom. The molecule has 4 nitrogen and oxygen atoms in total. The number of carboxylic acids is 1. The largest absolute Gasteiger partial charge is 0.478 e. The van der Waals surface area contributed by atoms with Gasteiger partial charge in [0.15, 0.2) is 17.5 Å². The fourth-order valence-electron chi connectivity index (χ4n) is 1.82. The quantitative estimate of drug-likeness (QED) is 0.822. The fourth-order valence-corrected chi connectivity index (χ4v) is 1.82. The number of carbonyl (C=O) groups is 1. The first-order chi connectivity index (χ1) is 8.52. The minimum Gasteiger partial charge on any atom is -0.478 e. The van der Waals surface area contributed by atoms with E-state index in [2.05, 4.69) is 0 Å². The normalized spacial score (nSPS) is 15.8. The first-order valence-corrected chi connectivity index (χ1v) is 5.26. The molecule has 0 aromatic heterocycles. The van der Waals surface area contributed by atoms with Crippen LogP contribution in [0.4, 0.5) is 18.9 Å². The first-order valence-electron chi connectivity index (χ1n) is 5.26. The zero-order valence-corrected chi connectivity index (χ0v) is 9.25. The van der Waals surface area contributed by atoms with Gasteiger partial charge in [-0.2, -0.15) is 0 Å². The van der Waals surface area contributed by atoms with Gasteiger partial charge in [-0.15, -0.1) is 0 Å². The number of benzene rings is 1. The van der Waals surface area contributed by atoms with Crippen molar-refractivity contribution in [3.8, 4) is 0 Å². The number of carboxylic acid groups (broad SMARTS) is 1.